The first-order chi connectivity index (χ1) is 12.5. The van der Waals surface area contributed by atoms with E-state index in [1.807, 2.05) is 0 Å². The van der Waals surface area contributed by atoms with Crippen LogP contribution in [0.1, 0.15) is 32.8 Å². The van der Waals surface area contributed by atoms with E-state index in [9.17, 15) is 4.79 Å². The molecule has 26 heavy (non-hydrogen) atoms. The van der Waals surface area contributed by atoms with Crippen LogP contribution in [-0.2, 0) is 19.7 Å². The van der Waals surface area contributed by atoms with Crippen molar-refractivity contribution < 1.29 is 14.3 Å². The van der Waals surface area contributed by atoms with Crippen LogP contribution in [0.15, 0.2) is 42.1 Å². The van der Waals surface area contributed by atoms with Crippen molar-refractivity contribution in [1.29, 1.82) is 0 Å². The van der Waals surface area contributed by atoms with Crippen LogP contribution in [0.2, 0.25) is 0 Å². The van der Waals surface area contributed by atoms with E-state index >= 15 is 0 Å². The van der Waals surface area contributed by atoms with Crippen LogP contribution in [0.5, 0.6) is 0 Å². The summed E-state index contributed by atoms with van der Waals surface area (Å²) >= 11 is 0. The van der Waals surface area contributed by atoms with Crippen LogP contribution in [-0.4, -0.2) is 44.4 Å². The molecule has 4 rings (SSSR count). The number of allylic oxidation sites excluding steroid dienone is 4. The predicted octanol–water partition coefficient (Wildman–Crippen LogP) is 3.26. The van der Waals surface area contributed by atoms with Crippen LogP contribution in [0.25, 0.3) is 0 Å². The normalized spacial score (nSPS) is 24.9. The maximum atomic E-state index is 9.96. The van der Waals surface area contributed by atoms with Crippen molar-refractivity contribution in [1.82, 2.24) is 4.98 Å². The molecule has 2 fully saturated rings. The number of aromatic nitrogens is 1. The summed E-state index contributed by atoms with van der Waals surface area (Å²) in [5.41, 5.74) is 3.21. The van der Waals surface area contributed by atoms with E-state index < -0.39 is 0 Å². The topological polar surface area (TPSA) is 51.7 Å². The van der Waals surface area contributed by atoms with Gasteiger partial charge in [0.25, 0.3) is 0 Å². The maximum absolute atomic E-state index is 9.96. The quantitative estimate of drug-likeness (QED) is 0.778. The molecule has 0 spiro atoms. The lowest BCUT2D eigenvalue weighted by atomic mass is 9.89. The Morgan fingerprint density at radius 2 is 2.04 bits per heavy atom. The van der Waals surface area contributed by atoms with Crippen molar-refractivity contribution in [2.75, 3.05) is 38.3 Å². The minimum Gasteiger partial charge on any atom is -0.469 e. The average molecular weight is 356 g/mol. The van der Waals surface area contributed by atoms with Gasteiger partial charge in [-0.1, -0.05) is 45.1 Å². The fourth-order valence-electron chi connectivity index (χ4n) is 4.00. The summed E-state index contributed by atoms with van der Waals surface area (Å²) in [4.78, 5) is 16.9. The molecule has 2 heterocycles. The van der Waals surface area contributed by atoms with Gasteiger partial charge in [0.1, 0.15) is 5.82 Å². The number of methoxy groups -OCH3 is 1. The molecule has 0 bridgehead atoms. The molecule has 1 atom stereocenters. The van der Waals surface area contributed by atoms with E-state index in [2.05, 4.69) is 60.0 Å². The van der Waals surface area contributed by atoms with Crippen LogP contribution in [0, 0.1) is 5.41 Å². The van der Waals surface area contributed by atoms with Gasteiger partial charge < -0.3 is 14.4 Å². The number of carbonyl (C=O) groups is 1. The summed E-state index contributed by atoms with van der Waals surface area (Å²) in [7, 11) is 1.38. The fraction of sp³-hybridized carbons (Fsp3) is 0.524. The predicted molar refractivity (Wildman–Crippen MR) is 102 cm³/mol. The van der Waals surface area contributed by atoms with E-state index in [-0.39, 0.29) is 16.8 Å². The minimum atomic E-state index is -0.157. The number of pyridine rings is 1. The van der Waals surface area contributed by atoms with Gasteiger partial charge in [-0.25, -0.2) is 4.98 Å². The van der Waals surface area contributed by atoms with Gasteiger partial charge in [-0.05, 0) is 17.2 Å². The molecule has 140 valence electrons. The van der Waals surface area contributed by atoms with Crippen LogP contribution < -0.4 is 4.90 Å². The summed E-state index contributed by atoms with van der Waals surface area (Å²) in [5, 5.41) is 0. The highest BCUT2D eigenvalue weighted by molar-refractivity contribution is 5.68. The van der Waals surface area contributed by atoms with Gasteiger partial charge in [-0.3, -0.25) is 4.79 Å². The molecule has 5 nitrogen and oxygen atoms in total. The number of rotatable bonds is 3. The van der Waals surface area contributed by atoms with Crippen molar-refractivity contribution in [3.05, 3.63) is 47.7 Å². The molecule has 0 N–H and O–H groups in total. The molecule has 1 unspecified atom stereocenters. The van der Waals surface area contributed by atoms with Gasteiger partial charge >= 0.3 is 5.97 Å². The Kier molecular flexibility index (Phi) is 5.19. The van der Waals surface area contributed by atoms with Crippen LogP contribution in [0.3, 0.4) is 0 Å². The lowest BCUT2D eigenvalue weighted by molar-refractivity contribution is -0.140. The van der Waals surface area contributed by atoms with Gasteiger partial charge in [-0.15, -0.1) is 0 Å². The van der Waals surface area contributed by atoms with E-state index in [4.69, 9.17) is 9.72 Å². The van der Waals surface area contributed by atoms with E-state index in [1.165, 1.54) is 18.2 Å². The number of hydrogen-bond acceptors (Lipinski definition) is 5. The first-order valence-corrected chi connectivity index (χ1v) is 9.24. The molecule has 5 heteroatoms. The Morgan fingerprint density at radius 1 is 1.31 bits per heavy atom. The SMILES string of the molecule is CC1(C)C2=CC=CC21c1ccc(N2CCOCC2)nc1.CCC(=O)OC. The first kappa shape index (κ1) is 18.6. The summed E-state index contributed by atoms with van der Waals surface area (Å²) in [5.74, 6) is 0.911. The zero-order chi connectivity index (χ0) is 18.8. The molecule has 0 amide bonds. The molecule has 3 aliphatic rings. The Balaban J connectivity index is 0.000000286. The zero-order valence-corrected chi connectivity index (χ0v) is 16.1. The molecule has 0 aromatic carbocycles. The van der Waals surface area contributed by atoms with Gasteiger partial charge in [0.2, 0.25) is 0 Å². The Labute approximate surface area is 155 Å². The molecule has 0 radical (unpaired) electrons. The molecule has 1 aromatic rings. The number of nitrogens with zero attached hydrogens (tertiary/aromatic N) is 2. The number of morpholine rings is 1. The second-order valence-corrected chi connectivity index (χ2v) is 7.31. The van der Waals surface area contributed by atoms with E-state index in [0.717, 1.165) is 32.1 Å². The lowest BCUT2D eigenvalue weighted by Gasteiger charge is -2.28. The fourth-order valence-corrected chi connectivity index (χ4v) is 4.00. The van der Waals surface area contributed by atoms with Gasteiger partial charge in [0, 0.05) is 36.5 Å². The molecule has 1 saturated heterocycles. The number of fused-ring (bicyclic) bond motifs is 1. The standard InChI is InChI=1S/C17H20N2O.C4H8O2/c1-16(2)14-4-3-7-17(14,16)13-5-6-15(18-12-13)19-8-10-20-11-9-19;1-3-4(5)6-2/h3-7,12H,8-11H2,1-2H3;3H2,1-2H3. The second-order valence-electron chi connectivity index (χ2n) is 7.31. The van der Waals surface area contributed by atoms with Crippen molar-refractivity contribution in [3.63, 3.8) is 0 Å². The number of esters is 1. The highest BCUT2D eigenvalue weighted by Gasteiger charge is 2.67. The summed E-state index contributed by atoms with van der Waals surface area (Å²) in [6, 6.07) is 4.41. The number of ether oxygens (including phenoxy) is 2. The third-order valence-electron chi connectivity index (χ3n) is 5.69. The third-order valence-corrected chi connectivity index (χ3v) is 5.69. The maximum Gasteiger partial charge on any atom is 0.305 e. The largest absolute Gasteiger partial charge is 0.469 e. The number of anilines is 1. The smallest absolute Gasteiger partial charge is 0.305 e. The average Bonchev–Trinajstić information content (AvgIpc) is 3.01. The number of hydrogen-bond donors (Lipinski definition) is 0. The van der Waals surface area contributed by atoms with Crippen molar-refractivity contribution >= 4 is 11.8 Å². The Hall–Kier alpha value is -2.14. The monoisotopic (exact) mass is 356 g/mol. The molecular weight excluding hydrogens is 328 g/mol. The number of carbonyl (C=O) groups excluding carboxylic acids is 1. The summed E-state index contributed by atoms with van der Waals surface area (Å²) in [6.45, 7) is 9.87. The van der Waals surface area contributed by atoms with Gasteiger partial charge in [0.05, 0.1) is 20.3 Å². The highest BCUT2D eigenvalue weighted by atomic mass is 16.5. The molecule has 2 aliphatic carbocycles. The molecule has 1 saturated carbocycles. The van der Waals surface area contributed by atoms with Gasteiger partial charge in [0.15, 0.2) is 0 Å². The molecular formula is C21H28N2O3. The van der Waals surface area contributed by atoms with Crippen LogP contribution >= 0.6 is 0 Å². The minimum absolute atomic E-state index is 0.115. The summed E-state index contributed by atoms with van der Waals surface area (Å²) < 4.78 is 9.65. The third kappa shape index (κ3) is 3.05. The zero-order valence-electron chi connectivity index (χ0n) is 16.1. The second kappa shape index (κ2) is 7.23. The summed E-state index contributed by atoms with van der Waals surface area (Å²) in [6.07, 6.45) is 9.29. The van der Waals surface area contributed by atoms with E-state index in [0.29, 0.717) is 6.42 Å². The first-order valence-electron chi connectivity index (χ1n) is 9.24. The van der Waals surface area contributed by atoms with Crippen molar-refractivity contribution in [2.24, 2.45) is 5.41 Å². The van der Waals surface area contributed by atoms with Crippen molar-refractivity contribution in [3.8, 4) is 0 Å². The van der Waals surface area contributed by atoms with Crippen LogP contribution in [0.4, 0.5) is 5.82 Å². The lowest BCUT2D eigenvalue weighted by Crippen LogP contribution is -2.36. The highest BCUT2D eigenvalue weighted by Crippen LogP contribution is 2.71. The van der Waals surface area contributed by atoms with Gasteiger partial charge in [-0.2, -0.15) is 0 Å². The Morgan fingerprint density at radius 3 is 2.50 bits per heavy atom. The molecule has 1 aliphatic heterocycles. The Bertz CT molecular complexity index is 709. The molecule has 1 aromatic heterocycles. The van der Waals surface area contributed by atoms with Crippen molar-refractivity contribution in [2.45, 2.75) is 32.6 Å². The van der Waals surface area contributed by atoms with E-state index in [1.54, 1.807) is 6.92 Å².